The van der Waals surface area contributed by atoms with Gasteiger partial charge in [0.05, 0.1) is 0 Å². The molecule has 0 aromatic carbocycles. The van der Waals surface area contributed by atoms with Crippen LogP contribution in [0.15, 0.2) is 23.2 Å². The van der Waals surface area contributed by atoms with Gasteiger partial charge in [0.15, 0.2) is 0 Å². The molecule has 0 aliphatic heterocycles. The third kappa shape index (κ3) is 7.63. The van der Waals surface area contributed by atoms with Gasteiger partial charge in [0.25, 0.3) is 0 Å². The Hall–Kier alpha value is -0.370. The second-order valence-corrected chi connectivity index (χ2v) is 2.02. The average Bonchev–Trinajstić information content (AvgIpc) is 1.89. The summed E-state index contributed by atoms with van der Waals surface area (Å²) in [5.41, 5.74) is 0. The third-order valence-corrected chi connectivity index (χ3v) is 1.08. The Morgan fingerprint density at radius 3 is 2.56 bits per heavy atom. The molecule has 0 atom stereocenters. The summed E-state index contributed by atoms with van der Waals surface area (Å²) >= 11 is 3.12. The first-order valence-corrected chi connectivity index (χ1v) is 3.69. The molecular formula is C7H9BrO. The van der Waals surface area contributed by atoms with Gasteiger partial charge in [-0.15, -0.1) is 0 Å². The van der Waals surface area contributed by atoms with Crippen molar-refractivity contribution in [2.45, 2.75) is 12.8 Å². The molecule has 0 aromatic rings. The highest BCUT2D eigenvalue weighted by atomic mass is 79.9. The lowest BCUT2D eigenvalue weighted by atomic mass is 10.3. The van der Waals surface area contributed by atoms with Gasteiger partial charge in [-0.3, -0.25) is 0 Å². The predicted octanol–water partition coefficient (Wildman–Crippen LogP) is 2.43. The Balaban J connectivity index is 3.14. The zero-order chi connectivity index (χ0) is 6.95. The van der Waals surface area contributed by atoms with Crippen molar-refractivity contribution in [3.8, 4) is 0 Å². The molecule has 0 bridgehead atoms. The van der Waals surface area contributed by atoms with Crippen LogP contribution in [0.2, 0.25) is 0 Å². The molecule has 50 valence electrons. The minimum atomic E-state index is 0.618. The molecule has 0 spiro atoms. The topological polar surface area (TPSA) is 17.1 Å². The molecule has 0 amide bonds. The monoisotopic (exact) mass is 188 g/mol. The van der Waals surface area contributed by atoms with Crippen molar-refractivity contribution in [3.63, 3.8) is 0 Å². The summed E-state index contributed by atoms with van der Waals surface area (Å²) in [6, 6.07) is 0. The fourth-order valence-electron chi connectivity index (χ4n) is 0.381. The maximum atomic E-state index is 9.78. The summed E-state index contributed by atoms with van der Waals surface area (Å²) in [5.74, 6) is 0. The quantitative estimate of drug-likeness (QED) is 0.377. The molecule has 0 saturated heterocycles. The average molecular weight is 189 g/mol. The maximum Gasteiger partial charge on any atom is 0.120 e. The number of carbonyl (C=O) groups excluding carboxylic acids is 1. The first-order chi connectivity index (χ1) is 4.41. The van der Waals surface area contributed by atoms with Gasteiger partial charge in [0.1, 0.15) is 6.29 Å². The Labute approximate surface area is 63.6 Å². The van der Waals surface area contributed by atoms with Gasteiger partial charge >= 0.3 is 0 Å². The van der Waals surface area contributed by atoms with E-state index in [1.54, 1.807) is 4.99 Å². The van der Waals surface area contributed by atoms with Crippen LogP contribution in [0.5, 0.6) is 0 Å². The van der Waals surface area contributed by atoms with Crippen LogP contribution < -0.4 is 0 Å². The first-order valence-electron chi connectivity index (χ1n) is 2.77. The van der Waals surface area contributed by atoms with E-state index in [0.29, 0.717) is 6.42 Å². The predicted molar refractivity (Wildman–Crippen MR) is 42.5 cm³/mol. The molecule has 9 heavy (non-hydrogen) atoms. The number of aldehydes is 1. The second-order valence-electron chi connectivity index (χ2n) is 1.49. The molecule has 1 nitrogen and oxygen atoms in total. The van der Waals surface area contributed by atoms with E-state index in [2.05, 4.69) is 15.9 Å². The van der Waals surface area contributed by atoms with Gasteiger partial charge in [-0.2, -0.15) is 0 Å². The molecule has 0 aromatic heterocycles. The molecule has 0 heterocycles. The smallest absolute Gasteiger partial charge is 0.120 e. The Morgan fingerprint density at radius 1 is 1.22 bits per heavy atom. The van der Waals surface area contributed by atoms with E-state index in [1.807, 2.05) is 18.2 Å². The van der Waals surface area contributed by atoms with E-state index in [0.717, 1.165) is 12.7 Å². The fraction of sp³-hybridized carbons (Fsp3) is 0.286. The number of rotatable bonds is 4. The minimum absolute atomic E-state index is 0.618. The van der Waals surface area contributed by atoms with Crippen molar-refractivity contribution in [1.29, 1.82) is 0 Å². The Kier molecular flexibility index (Phi) is 7.32. The van der Waals surface area contributed by atoms with Crippen LogP contribution in [0.3, 0.4) is 0 Å². The zero-order valence-corrected chi connectivity index (χ0v) is 6.67. The van der Waals surface area contributed by atoms with Gasteiger partial charge < -0.3 is 4.79 Å². The molecule has 0 radical (unpaired) electrons. The number of hydrogen-bond acceptors (Lipinski definition) is 1. The van der Waals surface area contributed by atoms with Crippen molar-refractivity contribution in [2.75, 3.05) is 0 Å². The number of hydrogen-bond donors (Lipinski definition) is 0. The summed E-state index contributed by atoms with van der Waals surface area (Å²) in [5, 5.41) is 0. The van der Waals surface area contributed by atoms with Crippen LogP contribution in [-0.2, 0) is 4.79 Å². The van der Waals surface area contributed by atoms with Crippen molar-refractivity contribution in [3.05, 3.63) is 23.2 Å². The van der Waals surface area contributed by atoms with Crippen molar-refractivity contribution in [2.24, 2.45) is 0 Å². The third-order valence-electron chi connectivity index (χ3n) is 0.771. The van der Waals surface area contributed by atoms with Crippen molar-refractivity contribution < 1.29 is 4.79 Å². The number of allylic oxidation sites excluding steroid dienone is 3. The van der Waals surface area contributed by atoms with Gasteiger partial charge in [-0.05, 0) is 11.4 Å². The highest BCUT2D eigenvalue weighted by Crippen LogP contribution is 1.89. The van der Waals surface area contributed by atoms with Crippen molar-refractivity contribution in [1.82, 2.24) is 0 Å². The highest BCUT2D eigenvalue weighted by molar-refractivity contribution is 9.11. The lowest BCUT2D eigenvalue weighted by Gasteiger charge is -1.77. The van der Waals surface area contributed by atoms with E-state index in [-0.39, 0.29) is 0 Å². The molecule has 0 N–H and O–H groups in total. The van der Waals surface area contributed by atoms with Gasteiger partial charge in [0, 0.05) is 6.42 Å². The van der Waals surface area contributed by atoms with Gasteiger partial charge in [-0.25, -0.2) is 0 Å². The van der Waals surface area contributed by atoms with Gasteiger partial charge in [0.2, 0.25) is 0 Å². The van der Waals surface area contributed by atoms with Crippen LogP contribution in [0, 0.1) is 0 Å². The molecular weight excluding hydrogens is 180 g/mol. The Bertz CT molecular complexity index is 116. The first kappa shape index (κ1) is 8.63. The van der Waals surface area contributed by atoms with Crippen LogP contribution in [0.25, 0.3) is 0 Å². The second kappa shape index (κ2) is 7.63. The van der Waals surface area contributed by atoms with Crippen LogP contribution in [0.1, 0.15) is 12.8 Å². The van der Waals surface area contributed by atoms with E-state index in [4.69, 9.17) is 0 Å². The van der Waals surface area contributed by atoms with Crippen LogP contribution in [0.4, 0.5) is 0 Å². The standard InChI is InChI=1S/C7H9BrO/c8-6-4-2-1-3-5-7-9/h1-2,4,6-7H,3,5H2. The Morgan fingerprint density at radius 2 is 2.00 bits per heavy atom. The minimum Gasteiger partial charge on any atom is -0.303 e. The van der Waals surface area contributed by atoms with Gasteiger partial charge in [-0.1, -0.05) is 34.2 Å². The summed E-state index contributed by atoms with van der Waals surface area (Å²) in [6.45, 7) is 0. The SMILES string of the molecule is O=CCCC=CC=CBr. The number of unbranched alkanes of at least 4 members (excludes halogenated alkanes) is 1. The van der Waals surface area contributed by atoms with E-state index < -0.39 is 0 Å². The normalized spacial score (nSPS) is 11.2. The van der Waals surface area contributed by atoms with Crippen LogP contribution in [-0.4, -0.2) is 6.29 Å². The molecule has 0 rings (SSSR count). The summed E-state index contributed by atoms with van der Waals surface area (Å²) < 4.78 is 0. The molecule has 2 heteroatoms. The zero-order valence-electron chi connectivity index (χ0n) is 5.09. The fourth-order valence-corrected chi connectivity index (χ4v) is 0.557. The molecule has 0 fully saturated rings. The molecule has 0 aliphatic rings. The number of carbonyl (C=O) groups is 1. The summed E-state index contributed by atoms with van der Waals surface area (Å²) in [6.07, 6.45) is 8.09. The summed E-state index contributed by atoms with van der Waals surface area (Å²) in [7, 11) is 0. The largest absolute Gasteiger partial charge is 0.303 e. The molecule has 0 aliphatic carbocycles. The highest BCUT2D eigenvalue weighted by Gasteiger charge is 1.73. The van der Waals surface area contributed by atoms with E-state index in [1.165, 1.54) is 0 Å². The maximum absolute atomic E-state index is 9.78. The summed E-state index contributed by atoms with van der Waals surface area (Å²) in [4.78, 5) is 11.5. The molecule has 0 unspecified atom stereocenters. The number of halogens is 1. The van der Waals surface area contributed by atoms with Crippen LogP contribution >= 0.6 is 15.9 Å². The molecule has 0 saturated carbocycles. The van der Waals surface area contributed by atoms with E-state index in [9.17, 15) is 4.79 Å². The lowest BCUT2D eigenvalue weighted by Crippen LogP contribution is -1.68. The lowest BCUT2D eigenvalue weighted by molar-refractivity contribution is -0.107. The van der Waals surface area contributed by atoms with Crippen molar-refractivity contribution >= 4 is 22.2 Å². The van der Waals surface area contributed by atoms with E-state index >= 15 is 0 Å².